The van der Waals surface area contributed by atoms with Gasteiger partial charge >= 0.3 is 27.3 Å². The van der Waals surface area contributed by atoms with Crippen molar-refractivity contribution >= 4 is 39.2 Å². The summed E-state index contributed by atoms with van der Waals surface area (Å²) in [6.07, 6.45) is 13.0. The summed E-state index contributed by atoms with van der Waals surface area (Å²) in [7, 11) is 0. The Balaban J connectivity index is 0.000000364. The van der Waals surface area contributed by atoms with Crippen molar-refractivity contribution in [3.8, 4) is 0 Å². The van der Waals surface area contributed by atoms with Gasteiger partial charge in [0.1, 0.15) is 0 Å². The molecule has 0 spiro atoms. The monoisotopic (exact) mass is 486 g/mol. The van der Waals surface area contributed by atoms with E-state index in [1.807, 2.05) is 12.2 Å². The summed E-state index contributed by atoms with van der Waals surface area (Å²) >= 11 is 0. The van der Waals surface area contributed by atoms with Gasteiger partial charge in [-0.25, -0.2) is 0 Å². The summed E-state index contributed by atoms with van der Waals surface area (Å²) < 4.78 is 0. The SMILES string of the molecule is O=C([O-])CC1=CCCCC1.O=C([O-])CC1=CCCCC1.[Pb+2]. The molecule has 0 fully saturated rings. The van der Waals surface area contributed by atoms with E-state index in [1.165, 1.54) is 12.8 Å². The van der Waals surface area contributed by atoms with Crippen molar-refractivity contribution in [3.05, 3.63) is 23.3 Å². The third kappa shape index (κ3) is 10.7. The molecule has 2 radical (unpaired) electrons. The van der Waals surface area contributed by atoms with Crippen molar-refractivity contribution in [3.63, 3.8) is 0 Å². The molecule has 0 saturated heterocycles. The zero-order valence-corrected chi connectivity index (χ0v) is 16.2. The number of aliphatic carboxylic acids is 2. The van der Waals surface area contributed by atoms with Crippen molar-refractivity contribution in [2.75, 3.05) is 0 Å². The third-order valence-electron chi connectivity index (χ3n) is 3.51. The minimum atomic E-state index is -0.951. The van der Waals surface area contributed by atoms with Crippen molar-refractivity contribution < 1.29 is 19.8 Å². The van der Waals surface area contributed by atoms with Crippen LogP contribution in [0.1, 0.15) is 64.2 Å². The molecule has 0 bridgehead atoms. The number of carbonyl (C=O) groups is 2. The van der Waals surface area contributed by atoms with Crippen molar-refractivity contribution in [1.82, 2.24) is 0 Å². The van der Waals surface area contributed by atoms with E-state index >= 15 is 0 Å². The number of rotatable bonds is 4. The standard InChI is InChI=1S/2C8H12O2.Pb/c2*9-8(10)6-7-4-2-1-3-5-7;/h2*4H,1-3,5-6H2,(H,9,10);/q;;+2/p-2. The molecule has 0 aliphatic heterocycles. The fraction of sp³-hybridized carbons (Fsp3) is 0.625. The minimum absolute atomic E-state index is 0. The Morgan fingerprint density at radius 2 is 1.19 bits per heavy atom. The van der Waals surface area contributed by atoms with Gasteiger partial charge in [-0.3, -0.25) is 0 Å². The Labute approximate surface area is 146 Å². The zero-order valence-electron chi connectivity index (χ0n) is 12.4. The molecule has 0 amide bonds. The number of hydrogen-bond acceptors (Lipinski definition) is 4. The van der Waals surface area contributed by atoms with Crippen LogP contribution >= 0.6 is 0 Å². The zero-order chi connectivity index (χ0) is 14.8. The number of allylic oxidation sites excluding steroid dienone is 2. The van der Waals surface area contributed by atoms with Gasteiger partial charge in [0.15, 0.2) is 0 Å². The Morgan fingerprint density at radius 3 is 1.43 bits per heavy atom. The fourth-order valence-corrected chi connectivity index (χ4v) is 2.50. The predicted molar refractivity (Wildman–Crippen MR) is 78.1 cm³/mol. The Hall–Kier alpha value is -0.658. The normalized spacial score (nSPS) is 17.3. The second-order valence-corrected chi connectivity index (χ2v) is 5.31. The van der Waals surface area contributed by atoms with Crippen molar-refractivity contribution in [2.24, 2.45) is 0 Å². The van der Waals surface area contributed by atoms with Gasteiger partial charge in [-0.15, -0.1) is 0 Å². The van der Waals surface area contributed by atoms with E-state index in [4.69, 9.17) is 0 Å². The molecular formula is C16H22O4Pb. The van der Waals surface area contributed by atoms with E-state index in [9.17, 15) is 19.8 Å². The van der Waals surface area contributed by atoms with Gasteiger partial charge in [-0.2, -0.15) is 0 Å². The first-order valence-electron chi connectivity index (χ1n) is 7.33. The molecule has 5 heteroatoms. The predicted octanol–water partition coefficient (Wildman–Crippen LogP) is 0.873. The summed E-state index contributed by atoms with van der Waals surface area (Å²) in [6, 6.07) is 0. The molecule has 0 atom stereocenters. The molecule has 114 valence electrons. The third-order valence-corrected chi connectivity index (χ3v) is 3.51. The summed E-state index contributed by atoms with van der Waals surface area (Å²) in [5.74, 6) is -1.90. The molecule has 0 unspecified atom stereocenters. The number of hydrogen-bond donors (Lipinski definition) is 0. The molecule has 0 aromatic rings. The van der Waals surface area contributed by atoms with Gasteiger partial charge in [0.2, 0.25) is 0 Å². The average Bonchev–Trinajstić information content (AvgIpc) is 2.40. The summed E-state index contributed by atoms with van der Waals surface area (Å²) in [4.78, 5) is 20.2. The maximum atomic E-state index is 10.1. The number of carbonyl (C=O) groups excluding carboxylic acids is 2. The molecule has 0 N–H and O–H groups in total. The molecular weight excluding hydrogens is 463 g/mol. The maximum absolute atomic E-state index is 10.1. The molecule has 0 aromatic carbocycles. The maximum Gasteiger partial charge on any atom is 2.00 e. The first-order valence-corrected chi connectivity index (χ1v) is 7.33. The van der Waals surface area contributed by atoms with Crippen molar-refractivity contribution in [2.45, 2.75) is 64.2 Å². The first-order chi connectivity index (χ1) is 9.58. The van der Waals surface area contributed by atoms with Crippen molar-refractivity contribution in [1.29, 1.82) is 0 Å². The molecule has 0 saturated carbocycles. The van der Waals surface area contributed by atoms with Gasteiger partial charge in [-0.1, -0.05) is 23.3 Å². The molecule has 21 heavy (non-hydrogen) atoms. The Kier molecular flexibility index (Phi) is 11.6. The van der Waals surface area contributed by atoms with Gasteiger partial charge in [0.05, 0.1) is 0 Å². The van der Waals surface area contributed by atoms with Crippen LogP contribution in [0.3, 0.4) is 0 Å². The van der Waals surface area contributed by atoms with Crippen LogP contribution in [-0.2, 0) is 9.59 Å². The van der Waals surface area contributed by atoms with E-state index in [2.05, 4.69) is 0 Å². The number of carboxylic acid groups (broad SMARTS) is 2. The fourth-order valence-electron chi connectivity index (χ4n) is 2.50. The van der Waals surface area contributed by atoms with Crippen LogP contribution in [-0.4, -0.2) is 39.2 Å². The van der Waals surface area contributed by atoms with Crippen LogP contribution in [0.4, 0.5) is 0 Å². The molecule has 4 nitrogen and oxygen atoms in total. The van der Waals surface area contributed by atoms with Crippen LogP contribution in [0.2, 0.25) is 0 Å². The smallest absolute Gasteiger partial charge is 0.550 e. The van der Waals surface area contributed by atoms with E-state index in [-0.39, 0.29) is 40.1 Å². The molecule has 0 heterocycles. The van der Waals surface area contributed by atoms with E-state index < -0.39 is 11.9 Å². The van der Waals surface area contributed by atoms with Gasteiger partial charge in [-0.05, 0) is 51.4 Å². The Bertz CT molecular complexity index is 361. The molecule has 2 rings (SSSR count). The number of carboxylic acids is 2. The largest absolute Gasteiger partial charge is 2.00 e. The van der Waals surface area contributed by atoms with E-state index in [0.717, 1.165) is 49.7 Å². The van der Waals surface area contributed by atoms with Crippen LogP contribution < -0.4 is 10.2 Å². The first kappa shape index (κ1) is 20.3. The average molecular weight is 486 g/mol. The summed E-state index contributed by atoms with van der Waals surface area (Å²) in [5, 5.41) is 20.2. The second kappa shape index (κ2) is 11.9. The summed E-state index contributed by atoms with van der Waals surface area (Å²) in [6.45, 7) is 0. The summed E-state index contributed by atoms with van der Waals surface area (Å²) in [5.41, 5.74) is 2.09. The van der Waals surface area contributed by atoms with Gasteiger partial charge in [0.25, 0.3) is 0 Å². The molecule has 2 aliphatic rings. The molecule has 0 aromatic heterocycles. The minimum Gasteiger partial charge on any atom is -0.550 e. The van der Waals surface area contributed by atoms with E-state index in [0.29, 0.717) is 0 Å². The molecule has 2 aliphatic carbocycles. The van der Waals surface area contributed by atoms with Crippen LogP contribution in [0.5, 0.6) is 0 Å². The van der Waals surface area contributed by atoms with Gasteiger partial charge < -0.3 is 19.8 Å². The van der Waals surface area contributed by atoms with Crippen LogP contribution in [0, 0.1) is 0 Å². The van der Waals surface area contributed by atoms with Crippen LogP contribution in [0.15, 0.2) is 23.3 Å². The van der Waals surface area contributed by atoms with Gasteiger partial charge in [0, 0.05) is 24.8 Å². The quantitative estimate of drug-likeness (QED) is 0.437. The van der Waals surface area contributed by atoms with E-state index in [1.54, 1.807) is 0 Å². The van der Waals surface area contributed by atoms with Crippen LogP contribution in [0.25, 0.3) is 0 Å². The topological polar surface area (TPSA) is 80.3 Å². The second-order valence-electron chi connectivity index (χ2n) is 5.31. The Morgan fingerprint density at radius 1 is 0.810 bits per heavy atom.